The standard InChI is InChI=1S/C21H26N2O3/c1-15(24)23-17-9-11-19(12-10-17)26-14-18(25)13-22-21-8-4-6-16-5-2-3-7-20(16)21/h2-3,5,7,9-12,18,21-22,25H,4,6,8,13-14H2,1H3,(H,23,24). The highest BCUT2D eigenvalue weighted by Crippen LogP contribution is 2.29. The van der Waals surface area contributed by atoms with Gasteiger partial charge in [0.1, 0.15) is 18.5 Å². The highest BCUT2D eigenvalue weighted by molar-refractivity contribution is 5.88. The maximum Gasteiger partial charge on any atom is 0.221 e. The van der Waals surface area contributed by atoms with Crippen molar-refractivity contribution in [2.45, 2.75) is 38.3 Å². The van der Waals surface area contributed by atoms with E-state index in [1.807, 2.05) is 0 Å². The molecule has 0 radical (unpaired) electrons. The molecule has 0 spiro atoms. The van der Waals surface area contributed by atoms with E-state index in [9.17, 15) is 9.90 Å². The van der Waals surface area contributed by atoms with Crippen molar-refractivity contribution >= 4 is 11.6 Å². The summed E-state index contributed by atoms with van der Waals surface area (Å²) in [6.45, 7) is 2.18. The van der Waals surface area contributed by atoms with E-state index in [4.69, 9.17) is 4.74 Å². The average Bonchev–Trinajstić information content (AvgIpc) is 2.65. The molecule has 2 atom stereocenters. The van der Waals surface area contributed by atoms with Crippen LogP contribution in [0.1, 0.15) is 36.9 Å². The van der Waals surface area contributed by atoms with Crippen LogP contribution in [0.5, 0.6) is 5.75 Å². The Morgan fingerprint density at radius 2 is 2.00 bits per heavy atom. The van der Waals surface area contributed by atoms with Crippen LogP contribution in [0.4, 0.5) is 5.69 Å². The van der Waals surface area contributed by atoms with Crippen LogP contribution < -0.4 is 15.4 Å². The number of aryl methyl sites for hydroxylation is 1. The van der Waals surface area contributed by atoms with E-state index in [2.05, 4.69) is 34.9 Å². The van der Waals surface area contributed by atoms with Gasteiger partial charge in [-0.2, -0.15) is 0 Å². The second-order valence-electron chi connectivity index (χ2n) is 6.72. The first-order valence-corrected chi connectivity index (χ1v) is 9.11. The molecular formula is C21H26N2O3. The lowest BCUT2D eigenvalue weighted by Gasteiger charge is -2.27. The molecule has 0 aromatic heterocycles. The van der Waals surface area contributed by atoms with E-state index < -0.39 is 6.10 Å². The highest BCUT2D eigenvalue weighted by Gasteiger charge is 2.20. The summed E-state index contributed by atoms with van der Waals surface area (Å²) < 4.78 is 5.63. The first-order valence-electron chi connectivity index (χ1n) is 9.11. The van der Waals surface area contributed by atoms with Crippen molar-refractivity contribution in [3.8, 4) is 5.75 Å². The van der Waals surface area contributed by atoms with Gasteiger partial charge in [0.15, 0.2) is 0 Å². The molecule has 5 heteroatoms. The number of nitrogens with one attached hydrogen (secondary N) is 2. The average molecular weight is 354 g/mol. The number of aliphatic hydroxyl groups excluding tert-OH is 1. The third kappa shape index (κ3) is 5.07. The van der Waals surface area contributed by atoms with Crippen LogP contribution in [0.3, 0.4) is 0 Å². The fourth-order valence-corrected chi connectivity index (χ4v) is 3.33. The lowest BCUT2D eigenvalue weighted by molar-refractivity contribution is -0.114. The first kappa shape index (κ1) is 18.4. The Bertz CT molecular complexity index is 730. The Labute approximate surface area is 154 Å². The number of fused-ring (bicyclic) bond motifs is 1. The molecule has 138 valence electrons. The minimum absolute atomic E-state index is 0.107. The minimum atomic E-state index is -0.584. The predicted octanol–water partition coefficient (Wildman–Crippen LogP) is 3.05. The van der Waals surface area contributed by atoms with E-state index in [0.717, 1.165) is 18.5 Å². The molecule has 0 bridgehead atoms. The summed E-state index contributed by atoms with van der Waals surface area (Å²) in [6, 6.07) is 15.9. The molecule has 0 saturated heterocycles. The van der Waals surface area contributed by atoms with Gasteiger partial charge in [-0.15, -0.1) is 0 Å². The summed E-state index contributed by atoms with van der Waals surface area (Å²) in [5.74, 6) is 0.561. The molecule has 2 unspecified atom stereocenters. The van der Waals surface area contributed by atoms with Crippen molar-refractivity contribution in [1.82, 2.24) is 5.32 Å². The lowest BCUT2D eigenvalue weighted by atomic mass is 9.88. The molecular weight excluding hydrogens is 328 g/mol. The maximum absolute atomic E-state index is 11.0. The number of rotatable bonds is 7. The lowest BCUT2D eigenvalue weighted by Crippen LogP contribution is -2.35. The van der Waals surface area contributed by atoms with Crippen molar-refractivity contribution in [3.63, 3.8) is 0 Å². The van der Waals surface area contributed by atoms with Crippen LogP contribution in [0, 0.1) is 0 Å². The van der Waals surface area contributed by atoms with Gasteiger partial charge >= 0.3 is 0 Å². The summed E-state index contributed by atoms with van der Waals surface area (Å²) in [5.41, 5.74) is 3.48. The molecule has 0 saturated carbocycles. The number of hydrogen-bond donors (Lipinski definition) is 3. The van der Waals surface area contributed by atoms with Crippen molar-refractivity contribution in [1.29, 1.82) is 0 Å². The van der Waals surface area contributed by atoms with Crippen LogP contribution in [-0.4, -0.2) is 30.3 Å². The highest BCUT2D eigenvalue weighted by atomic mass is 16.5. The molecule has 3 N–H and O–H groups in total. The number of carbonyl (C=O) groups excluding carboxylic acids is 1. The zero-order valence-corrected chi connectivity index (χ0v) is 15.1. The van der Waals surface area contributed by atoms with Gasteiger partial charge in [0.05, 0.1) is 0 Å². The Hall–Kier alpha value is -2.37. The van der Waals surface area contributed by atoms with Gasteiger partial charge in [-0.25, -0.2) is 0 Å². The summed E-state index contributed by atoms with van der Waals surface area (Å²) in [6.07, 6.45) is 2.81. The summed E-state index contributed by atoms with van der Waals surface area (Å²) in [5, 5.41) is 16.4. The molecule has 3 rings (SSSR count). The minimum Gasteiger partial charge on any atom is -0.491 e. The Kier molecular flexibility index (Phi) is 6.26. The van der Waals surface area contributed by atoms with Crippen molar-refractivity contribution < 1.29 is 14.6 Å². The van der Waals surface area contributed by atoms with Crippen LogP contribution in [0.2, 0.25) is 0 Å². The van der Waals surface area contributed by atoms with Crippen LogP contribution in [0.25, 0.3) is 0 Å². The van der Waals surface area contributed by atoms with Gasteiger partial charge in [0, 0.05) is 25.2 Å². The van der Waals surface area contributed by atoms with E-state index in [-0.39, 0.29) is 12.5 Å². The second-order valence-corrected chi connectivity index (χ2v) is 6.72. The van der Waals surface area contributed by atoms with E-state index in [0.29, 0.717) is 18.3 Å². The van der Waals surface area contributed by atoms with Gasteiger partial charge < -0.3 is 20.5 Å². The molecule has 1 amide bonds. The number of hydrogen-bond acceptors (Lipinski definition) is 4. The zero-order valence-electron chi connectivity index (χ0n) is 15.1. The van der Waals surface area contributed by atoms with E-state index in [1.54, 1.807) is 24.3 Å². The van der Waals surface area contributed by atoms with Gasteiger partial charge in [0.25, 0.3) is 0 Å². The number of aliphatic hydroxyl groups is 1. The molecule has 5 nitrogen and oxygen atoms in total. The Balaban J connectivity index is 1.45. The number of benzene rings is 2. The van der Waals surface area contributed by atoms with Crippen LogP contribution in [-0.2, 0) is 11.2 Å². The topological polar surface area (TPSA) is 70.6 Å². The molecule has 0 aliphatic heterocycles. The largest absolute Gasteiger partial charge is 0.491 e. The smallest absolute Gasteiger partial charge is 0.221 e. The van der Waals surface area contributed by atoms with E-state index in [1.165, 1.54) is 24.5 Å². The predicted molar refractivity (Wildman–Crippen MR) is 102 cm³/mol. The monoisotopic (exact) mass is 354 g/mol. The van der Waals surface area contributed by atoms with Crippen LogP contribution >= 0.6 is 0 Å². The first-order chi connectivity index (χ1) is 12.6. The normalized spacial score (nSPS) is 17.2. The summed E-state index contributed by atoms with van der Waals surface area (Å²) >= 11 is 0. The quantitative estimate of drug-likeness (QED) is 0.715. The molecule has 2 aromatic carbocycles. The molecule has 26 heavy (non-hydrogen) atoms. The Morgan fingerprint density at radius 1 is 1.23 bits per heavy atom. The summed E-state index contributed by atoms with van der Waals surface area (Å²) in [4.78, 5) is 11.0. The fraction of sp³-hybridized carbons (Fsp3) is 0.381. The molecule has 0 fully saturated rings. The molecule has 1 aliphatic rings. The SMILES string of the molecule is CC(=O)Nc1ccc(OCC(O)CNC2CCCc3ccccc32)cc1. The number of carbonyl (C=O) groups is 1. The number of ether oxygens (including phenoxy) is 1. The van der Waals surface area contributed by atoms with E-state index >= 15 is 0 Å². The van der Waals surface area contributed by atoms with Crippen molar-refractivity contribution in [2.24, 2.45) is 0 Å². The van der Waals surface area contributed by atoms with Crippen molar-refractivity contribution in [2.75, 3.05) is 18.5 Å². The van der Waals surface area contributed by atoms with Crippen molar-refractivity contribution in [3.05, 3.63) is 59.7 Å². The maximum atomic E-state index is 11.0. The third-order valence-corrected chi connectivity index (χ3v) is 4.59. The fourth-order valence-electron chi connectivity index (χ4n) is 3.33. The number of amides is 1. The Morgan fingerprint density at radius 3 is 2.77 bits per heavy atom. The third-order valence-electron chi connectivity index (χ3n) is 4.59. The second kappa shape index (κ2) is 8.83. The van der Waals surface area contributed by atoms with Gasteiger partial charge in [-0.3, -0.25) is 4.79 Å². The van der Waals surface area contributed by atoms with Crippen LogP contribution in [0.15, 0.2) is 48.5 Å². The molecule has 2 aromatic rings. The van der Waals surface area contributed by atoms with Gasteiger partial charge in [0.2, 0.25) is 5.91 Å². The summed E-state index contributed by atoms with van der Waals surface area (Å²) in [7, 11) is 0. The molecule has 0 heterocycles. The molecule has 1 aliphatic carbocycles. The van der Waals surface area contributed by atoms with Gasteiger partial charge in [-0.1, -0.05) is 24.3 Å². The number of anilines is 1. The zero-order chi connectivity index (χ0) is 18.4. The van der Waals surface area contributed by atoms with Gasteiger partial charge in [-0.05, 0) is 54.7 Å².